The Hall–Kier alpha value is -1.32. The number of aromatic nitrogens is 2. The highest BCUT2D eigenvalue weighted by Crippen LogP contribution is 2.02. The van der Waals surface area contributed by atoms with Crippen molar-refractivity contribution >= 4 is 5.91 Å². The highest BCUT2D eigenvalue weighted by molar-refractivity contribution is 5.90. The third-order valence-electron chi connectivity index (χ3n) is 1.39. The first-order valence-corrected chi connectivity index (χ1v) is 3.46. The van der Waals surface area contributed by atoms with Crippen molar-refractivity contribution in [3.8, 4) is 0 Å². The molecule has 0 bridgehead atoms. The summed E-state index contributed by atoms with van der Waals surface area (Å²) >= 11 is 0. The van der Waals surface area contributed by atoms with E-state index in [9.17, 15) is 4.79 Å². The zero-order valence-corrected chi connectivity index (χ0v) is 6.61. The second kappa shape index (κ2) is 2.74. The fourth-order valence-electron chi connectivity index (χ4n) is 0.757. The molecule has 0 spiro atoms. The average molecular weight is 153 g/mol. The Morgan fingerprint density at radius 1 is 1.73 bits per heavy atom. The molecule has 0 aliphatic heterocycles. The van der Waals surface area contributed by atoms with Crippen molar-refractivity contribution in [2.24, 2.45) is 5.73 Å². The van der Waals surface area contributed by atoms with Gasteiger partial charge in [0.1, 0.15) is 5.69 Å². The molecule has 0 radical (unpaired) electrons. The van der Waals surface area contributed by atoms with Crippen molar-refractivity contribution in [3.05, 3.63) is 18.0 Å². The van der Waals surface area contributed by atoms with Gasteiger partial charge < -0.3 is 5.73 Å². The number of nitrogens with two attached hydrogens (primary N) is 1. The number of carbonyl (C=O) groups is 1. The van der Waals surface area contributed by atoms with Crippen LogP contribution in [0.1, 0.15) is 30.4 Å². The van der Waals surface area contributed by atoms with Crippen LogP contribution >= 0.6 is 0 Å². The van der Waals surface area contributed by atoms with Gasteiger partial charge in [0.2, 0.25) is 0 Å². The predicted octanol–water partition coefficient (Wildman–Crippen LogP) is 0.563. The molecule has 0 aromatic carbocycles. The molecule has 0 saturated heterocycles. The molecule has 0 fully saturated rings. The van der Waals surface area contributed by atoms with Crippen molar-refractivity contribution in [1.29, 1.82) is 0 Å². The van der Waals surface area contributed by atoms with Crippen molar-refractivity contribution in [2.45, 2.75) is 19.9 Å². The number of nitrogens with zero attached hydrogens (tertiary/aromatic N) is 2. The van der Waals surface area contributed by atoms with Gasteiger partial charge in [-0.25, -0.2) is 0 Å². The van der Waals surface area contributed by atoms with E-state index >= 15 is 0 Å². The number of carbonyl (C=O) groups excluding carboxylic acids is 1. The maximum absolute atomic E-state index is 10.6. The second-order valence-corrected chi connectivity index (χ2v) is 2.64. The number of amides is 1. The van der Waals surface area contributed by atoms with Crippen LogP contribution in [-0.4, -0.2) is 15.7 Å². The van der Waals surface area contributed by atoms with Gasteiger partial charge in [0.25, 0.3) is 5.91 Å². The van der Waals surface area contributed by atoms with E-state index in [1.807, 2.05) is 13.8 Å². The van der Waals surface area contributed by atoms with E-state index in [0.29, 0.717) is 5.69 Å². The predicted molar refractivity (Wildman–Crippen MR) is 41.1 cm³/mol. The maximum atomic E-state index is 10.6. The maximum Gasteiger partial charge on any atom is 0.269 e. The molecule has 60 valence electrons. The zero-order valence-electron chi connectivity index (χ0n) is 6.61. The van der Waals surface area contributed by atoms with Crippen LogP contribution in [-0.2, 0) is 0 Å². The third kappa shape index (κ3) is 1.58. The molecule has 0 atom stereocenters. The fraction of sp³-hybridized carbons (Fsp3) is 0.429. The molecule has 11 heavy (non-hydrogen) atoms. The normalized spacial score (nSPS) is 10.5. The Morgan fingerprint density at radius 2 is 2.36 bits per heavy atom. The first kappa shape index (κ1) is 7.78. The van der Waals surface area contributed by atoms with Gasteiger partial charge in [0.05, 0.1) is 0 Å². The molecular weight excluding hydrogens is 142 g/mol. The first-order chi connectivity index (χ1) is 5.11. The van der Waals surface area contributed by atoms with Crippen LogP contribution in [0.4, 0.5) is 0 Å². The lowest BCUT2D eigenvalue weighted by Gasteiger charge is -2.02. The van der Waals surface area contributed by atoms with Crippen molar-refractivity contribution in [3.63, 3.8) is 0 Å². The van der Waals surface area contributed by atoms with Gasteiger partial charge in [-0.2, -0.15) is 5.10 Å². The Kier molecular flexibility index (Phi) is 1.94. The molecule has 2 N–H and O–H groups in total. The fourth-order valence-corrected chi connectivity index (χ4v) is 0.757. The largest absolute Gasteiger partial charge is 0.364 e. The van der Waals surface area contributed by atoms with E-state index in [1.54, 1.807) is 16.9 Å². The average Bonchev–Trinajstić information content (AvgIpc) is 2.33. The molecule has 1 rings (SSSR count). The van der Waals surface area contributed by atoms with Gasteiger partial charge in [-0.3, -0.25) is 9.48 Å². The van der Waals surface area contributed by atoms with Gasteiger partial charge >= 0.3 is 0 Å². The molecule has 1 amide bonds. The van der Waals surface area contributed by atoms with E-state index in [4.69, 9.17) is 5.73 Å². The quantitative estimate of drug-likeness (QED) is 0.674. The molecule has 0 aliphatic rings. The summed E-state index contributed by atoms with van der Waals surface area (Å²) in [5.74, 6) is -0.482. The summed E-state index contributed by atoms with van der Waals surface area (Å²) in [4.78, 5) is 10.6. The summed E-state index contributed by atoms with van der Waals surface area (Å²) in [5.41, 5.74) is 5.33. The van der Waals surface area contributed by atoms with E-state index in [0.717, 1.165) is 0 Å². The van der Waals surface area contributed by atoms with Crippen molar-refractivity contribution in [1.82, 2.24) is 9.78 Å². The Morgan fingerprint density at radius 3 is 2.64 bits per heavy atom. The summed E-state index contributed by atoms with van der Waals surface area (Å²) < 4.78 is 1.69. The van der Waals surface area contributed by atoms with E-state index in [-0.39, 0.29) is 6.04 Å². The van der Waals surface area contributed by atoms with Gasteiger partial charge in [-0.15, -0.1) is 0 Å². The molecule has 4 nitrogen and oxygen atoms in total. The standard InChI is InChI=1S/C7H11N3O/c1-5(2)10-4-3-6(9-10)7(8)11/h3-5H,1-2H3,(H2,8,11). The molecule has 4 heteroatoms. The van der Waals surface area contributed by atoms with Gasteiger partial charge in [-0.05, 0) is 19.9 Å². The van der Waals surface area contributed by atoms with Gasteiger partial charge in [0, 0.05) is 12.2 Å². The van der Waals surface area contributed by atoms with Crippen LogP contribution in [0.5, 0.6) is 0 Å². The Labute approximate surface area is 65.0 Å². The van der Waals surface area contributed by atoms with E-state index < -0.39 is 5.91 Å². The van der Waals surface area contributed by atoms with Gasteiger partial charge in [0.15, 0.2) is 0 Å². The van der Waals surface area contributed by atoms with E-state index in [1.165, 1.54) is 0 Å². The van der Waals surface area contributed by atoms with Gasteiger partial charge in [-0.1, -0.05) is 0 Å². The van der Waals surface area contributed by atoms with Crippen molar-refractivity contribution < 1.29 is 4.79 Å². The lowest BCUT2D eigenvalue weighted by Crippen LogP contribution is -2.13. The molecule has 1 heterocycles. The third-order valence-corrected chi connectivity index (χ3v) is 1.39. The summed E-state index contributed by atoms with van der Waals surface area (Å²) in [6, 6.07) is 1.88. The van der Waals surface area contributed by atoms with Crippen LogP contribution in [0.25, 0.3) is 0 Å². The molecular formula is C7H11N3O. The summed E-state index contributed by atoms with van der Waals surface area (Å²) in [6.45, 7) is 3.97. The molecule has 1 aromatic heterocycles. The second-order valence-electron chi connectivity index (χ2n) is 2.64. The zero-order chi connectivity index (χ0) is 8.43. The Bertz CT molecular complexity index is 264. The number of primary amides is 1. The lowest BCUT2D eigenvalue weighted by atomic mass is 10.4. The molecule has 0 aliphatic carbocycles. The molecule has 1 aromatic rings. The van der Waals surface area contributed by atoms with Crippen LogP contribution in [0, 0.1) is 0 Å². The highest BCUT2D eigenvalue weighted by atomic mass is 16.1. The minimum absolute atomic E-state index is 0.267. The highest BCUT2D eigenvalue weighted by Gasteiger charge is 2.05. The van der Waals surface area contributed by atoms with Crippen LogP contribution in [0.15, 0.2) is 12.3 Å². The first-order valence-electron chi connectivity index (χ1n) is 3.46. The van der Waals surface area contributed by atoms with Crippen LogP contribution in [0.3, 0.4) is 0 Å². The topological polar surface area (TPSA) is 60.9 Å². The lowest BCUT2D eigenvalue weighted by molar-refractivity contribution is 0.0994. The summed E-state index contributed by atoms with van der Waals surface area (Å²) in [5, 5.41) is 3.95. The summed E-state index contributed by atoms with van der Waals surface area (Å²) in [6.07, 6.45) is 1.74. The minimum Gasteiger partial charge on any atom is -0.364 e. The molecule has 0 saturated carbocycles. The minimum atomic E-state index is -0.482. The van der Waals surface area contributed by atoms with Crippen LogP contribution < -0.4 is 5.73 Å². The smallest absolute Gasteiger partial charge is 0.269 e. The van der Waals surface area contributed by atoms with Crippen molar-refractivity contribution in [2.75, 3.05) is 0 Å². The summed E-state index contributed by atoms with van der Waals surface area (Å²) in [7, 11) is 0. The Balaban J connectivity index is 2.90. The number of hydrogen-bond acceptors (Lipinski definition) is 2. The number of hydrogen-bond donors (Lipinski definition) is 1. The monoisotopic (exact) mass is 153 g/mol. The van der Waals surface area contributed by atoms with Crippen LogP contribution in [0.2, 0.25) is 0 Å². The van der Waals surface area contributed by atoms with E-state index in [2.05, 4.69) is 5.10 Å². The number of rotatable bonds is 2. The molecule has 0 unspecified atom stereocenters. The SMILES string of the molecule is CC(C)n1ccc(C(N)=O)n1.